The fraction of sp³-hybridized carbons (Fsp3) is 0.650. The van der Waals surface area contributed by atoms with Crippen LogP contribution in [0.2, 0.25) is 0 Å². The molecule has 1 aliphatic heterocycles. The first-order valence-electron chi connectivity index (χ1n) is 9.51. The second-order valence-electron chi connectivity index (χ2n) is 7.53. The number of pyridine rings is 1. The van der Waals surface area contributed by atoms with Gasteiger partial charge in [0.15, 0.2) is 0 Å². The standard InChI is InChI=1S/C20H29N3O2/c1-15-13-21-10-9-16(15)14-22(2)19(24)17-7-3-4-8-18(17)20(25)23-11-5-6-12-23/h9-10,13,17-18H,3-8,11-12,14H2,1-2H3/t17-,18+/m0/s1. The zero-order valence-corrected chi connectivity index (χ0v) is 15.4. The van der Waals surface area contributed by atoms with Gasteiger partial charge >= 0.3 is 0 Å². The Morgan fingerprint density at radius 2 is 1.84 bits per heavy atom. The fourth-order valence-corrected chi connectivity index (χ4v) is 4.19. The highest BCUT2D eigenvalue weighted by atomic mass is 16.2. The maximum absolute atomic E-state index is 13.1. The SMILES string of the molecule is Cc1cnccc1CN(C)C(=O)[C@H]1CCCC[C@H]1C(=O)N1CCCC1. The molecule has 5 heteroatoms. The molecule has 2 amide bonds. The molecule has 1 saturated carbocycles. The van der Waals surface area contributed by atoms with E-state index in [-0.39, 0.29) is 23.7 Å². The molecular weight excluding hydrogens is 314 g/mol. The third-order valence-corrected chi connectivity index (χ3v) is 5.74. The van der Waals surface area contributed by atoms with E-state index in [0.717, 1.165) is 62.7 Å². The topological polar surface area (TPSA) is 53.5 Å². The van der Waals surface area contributed by atoms with Crippen molar-refractivity contribution in [2.45, 2.75) is 52.0 Å². The van der Waals surface area contributed by atoms with Crippen LogP contribution in [0.5, 0.6) is 0 Å². The van der Waals surface area contributed by atoms with E-state index in [1.54, 1.807) is 11.1 Å². The molecule has 0 bridgehead atoms. The van der Waals surface area contributed by atoms with Crippen molar-refractivity contribution in [3.8, 4) is 0 Å². The van der Waals surface area contributed by atoms with E-state index < -0.39 is 0 Å². The van der Waals surface area contributed by atoms with Gasteiger partial charge in [-0.2, -0.15) is 0 Å². The van der Waals surface area contributed by atoms with Crippen molar-refractivity contribution in [3.63, 3.8) is 0 Å². The minimum atomic E-state index is -0.158. The number of nitrogens with zero attached hydrogens (tertiary/aromatic N) is 3. The van der Waals surface area contributed by atoms with E-state index >= 15 is 0 Å². The highest BCUT2D eigenvalue weighted by molar-refractivity contribution is 5.88. The van der Waals surface area contributed by atoms with Gasteiger partial charge in [0.25, 0.3) is 0 Å². The Balaban J connectivity index is 1.69. The summed E-state index contributed by atoms with van der Waals surface area (Å²) >= 11 is 0. The average molecular weight is 343 g/mol. The van der Waals surface area contributed by atoms with Crippen LogP contribution in [-0.4, -0.2) is 46.7 Å². The number of amides is 2. The molecular formula is C20H29N3O2. The lowest BCUT2D eigenvalue weighted by molar-refractivity contribution is -0.147. The minimum Gasteiger partial charge on any atom is -0.342 e. The summed E-state index contributed by atoms with van der Waals surface area (Å²) in [5, 5.41) is 0. The van der Waals surface area contributed by atoms with Crippen LogP contribution < -0.4 is 0 Å². The second kappa shape index (κ2) is 7.98. The molecule has 2 atom stereocenters. The Morgan fingerprint density at radius 3 is 2.52 bits per heavy atom. The number of hydrogen-bond acceptors (Lipinski definition) is 3. The lowest BCUT2D eigenvalue weighted by Crippen LogP contribution is -2.45. The largest absolute Gasteiger partial charge is 0.342 e. The fourth-order valence-electron chi connectivity index (χ4n) is 4.19. The van der Waals surface area contributed by atoms with Crippen LogP contribution in [0, 0.1) is 18.8 Å². The van der Waals surface area contributed by atoms with Crippen molar-refractivity contribution >= 4 is 11.8 Å². The van der Waals surface area contributed by atoms with Gasteiger partial charge in [-0.05, 0) is 49.8 Å². The lowest BCUT2D eigenvalue weighted by atomic mass is 9.77. The average Bonchev–Trinajstić information content (AvgIpc) is 3.17. The Kier molecular flexibility index (Phi) is 5.71. The molecule has 0 N–H and O–H groups in total. The number of carbonyl (C=O) groups is 2. The zero-order chi connectivity index (χ0) is 17.8. The summed E-state index contributed by atoms with van der Waals surface area (Å²) in [6, 6.07) is 1.97. The van der Waals surface area contributed by atoms with Gasteiger partial charge < -0.3 is 9.80 Å². The molecule has 0 spiro atoms. The highest BCUT2D eigenvalue weighted by Gasteiger charge is 2.39. The van der Waals surface area contributed by atoms with Crippen molar-refractivity contribution in [2.75, 3.05) is 20.1 Å². The van der Waals surface area contributed by atoms with Crippen LogP contribution in [-0.2, 0) is 16.1 Å². The van der Waals surface area contributed by atoms with Crippen LogP contribution in [0.4, 0.5) is 0 Å². The number of hydrogen-bond donors (Lipinski definition) is 0. The molecule has 0 unspecified atom stereocenters. The molecule has 1 aromatic rings. The molecule has 2 fully saturated rings. The van der Waals surface area contributed by atoms with Crippen LogP contribution >= 0.6 is 0 Å². The van der Waals surface area contributed by atoms with Crippen molar-refractivity contribution in [1.82, 2.24) is 14.8 Å². The monoisotopic (exact) mass is 343 g/mol. The number of likely N-dealkylation sites (tertiary alicyclic amines) is 1. The number of carbonyl (C=O) groups excluding carboxylic acids is 2. The van der Waals surface area contributed by atoms with Gasteiger partial charge in [-0.15, -0.1) is 0 Å². The lowest BCUT2D eigenvalue weighted by Gasteiger charge is -2.34. The summed E-state index contributed by atoms with van der Waals surface area (Å²) < 4.78 is 0. The predicted octanol–water partition coefficient (Wildman–Crippen LogP) is 2.78. The molecule has 136 valence electrons. The van der Waals surface area contributed by atoms with Crippen LogP contribution in [0.25, 0.3) is 0 Å². The van der Waals surface area contributed by atoms with Gasteiger partial charge in [0.1, 0.15) is 0 Å². The zero-order valence-electron chi connectivity index (χ0n) is 15.4. The first-order chi connectivity index (χ1) is 12.1. The number of aromatic nitrogens is 1. The summed E-state index contributed by atoms with van der Waals surface area (Å²) in [5.41, 5.74) is 2.21. The maximum Gasteiger partial charge on any atom is 0.226 e. The Morgan fingerprint density at radius 1 is 1.16 bits per heavy atom. The van der Waals surface area contributed by atoms with Crippen molar-refractivity contribution < 1.29 is 9.59 Å². The van der Waals surface area contributed by atoms with E-state index in [1.165, 1.54) is 0 Å². The quantitative estimate of drug-likeness (QED) is 0.845. The molecule has 3 rings (SSSR count). The third-order valence-electron chi connectivity index (χ3n) is 5.74. The van der Waals surface area contributed by atoms with E-state index in [2.05, 4.69) is 4.98 Å². The van der Waals surface area contributed by atoms with E-state index in [0.29, 0.717) is 6.54 Å². The van der Waals surface area contributed by atoms with Crippen LogP contribution in [0.15, 0.2) is 18.5 Å². The molecule has 1 aromatic heterocycles. The van der Waals surface area contributed by atoms with E-state index in [1.807, 2.05) is 31.1 Å². The molecule has 2 heterocycles. The van der Waals surface area contributed by atoms with E-state index in [4.69, 9.17) is 0 Å². The Hall–Kier alpha value is -1.91. The maximum atomic E-state index is 13.1. The first kappa shape index (κ1) is 17.9. The van der Waals surface area contributed by atoms with Gasteiger partial charge in [-0.1, -0.05) is 12.8 Å². The molecule has 0 aromatic carbocycles. The second-order valence-corrected chi connectivity index (χ2v) is 7.53. The summed E-state index contributed by atoms with van der Waals surface area (Å²) in [4.78, 5) is 33.9. The molecule has 25 heavy (non-hydrogen) atoms. The van der Waals surface area contributed by atoms with Gasteiger partial charge in [0.05, 0.1) is 0 Å². The summed E-state index contributed by atoms with van der Waals surface area (Å²) in [6.45, 7) is 4.32. The van der Waals surface area contributed by atoms with Crippen molar-refractivity contribution in [3.05, 3.63) is 29.6 Å². The number of aryl methyl sites for hydroxylation is 1. The molecule has 1 aliphatic carbocycles. The van der Waals surface area contributed by atoms with Gasteiger partial charge in [-0.25, -0.2) is 0 Å². The molecule has 2 aliphatic rings. The number of rotatable bonds is 4. The Bertz CT molecular complexity index is 625. The van der Waals surface area contributed by atoms with E-state index in [9.17, 15) is 9.59 Å². The van der Waals surface area contributed by atoms with Crippen molar-refractivity contribution in [2.24, 2.45) is 11.8 Å². The third kappa shape index (κ3) is 4.02. The smallest absolute Gasteiger partial charge is 0.226 e. The molecule has 1 saturated heterocycles. The summed E-state index contributed by atoms with van der Waals surface area (Å²) in [5.74, 6) is 0.0480. The normalized spacial score (nSPS) is 23.5. The van der Waals surface area contributed by atoms with Crippen LogP contribution in [0.3, 0.4) is 0 Å². The minimum absolute atomic E-state index is 0.119. The van der Waals surface area contributed by atoms with Gasteiger partial charge in [0.2, 0.25) is 11.8 Å². The summed E-state index contributed by atoms with van der Waals surface area (Å²) in [6.07, 6.45) is 9.58. The van der Waals surface area contributed by atoms with Crippen LogP contribution in [0.1, 0.15) is 49.7 Å². The Labute approximate surface area is 150 Å². The molecule has 0 radical (unpaired) electrons. The molecule has 5 nitrogen and oxygen atoms in total. The predicted molar refractivity (Wildman–Crippen MR) is 96.7 cm³/mol. The van der Waals surface area contributed by atoms with Crippen molar-refractivity contribution in [1.29, 1.82) is 0 Å². The first-order valence-corrected chi connectivity index (χ1v) is 9.51. The van der Waals surface area contributed by atoms with Gasteiger partial charge in [0, 0.05) is 50.9 Å². The highest BCUT2D eigenvalue weighted by Crippen LogP contribution is 2.34. The van der Waals surface area contributed by atoms with Gasteiger partial charge in [-0.3, -0.25) is 14.6 Å². The summed E-state index contributed by atoms with van der Waals surface area (Å²) in [7, 11) is 1.86.